The molecule has 3 aromatic rings. The van der Waals surface area contributed by atoms with Crippen molar-refractivity contribution in [2.45, 2.75) is 13.8 Å². The molecule has 0 aliphatic carbocycles. The first-order chi connectivity index (χ1) is 14.5. The molecule has 0 radical (unpaired) electrons. The van der Waals surface area contributed by atoms with Gasteiger partial charge in [-0.25, -0.2) is 5.43 Å². The molecule has 6 heteroatoms. The number of hydrogen-bond donors (Lipinski definition) is 2. The quantitative estimate of drug-likeness (QED) is 0.462. The smallest absolute Gasteiger partial charge is 0.271 e. The highest BCUT2D eigenvalue weighted by Gasteiger charge is 2.04. The lowest BCUT2D eigenvalue weighted by Gasteiger charge is -2.08. The van der Waals surface area contributed by atoms with Gasteiger partial charge in [-0.1, -0.05) is 35.4 Å². The van der Waals surface area contributed by atoms with Crippen LogP contribution in [0.4, 0.5) is 5.69 Å². The highest BCUT2D eigenvalue weighted by atomic mass is 16.5. The monoisotopic (exact) mass is 401 g/mol. The predicted molar refractivity (Wildman–Crippen MR) is 118 cm³/mol. The zero-order valence-corrected chi connectivity index (χ0v) is 16.9. The molecule has 3 aromatic carbocycles. The Hall–Kier alpha value is -3.93. The summed E-state index contributed by atoms with van der Waals surface area (Å²) in [6, 6.07) is 21.9. The number of amides is 2. The van der Waals surface area contributed by atoms with Gasteiger partial charge in [0.15, 0.2) is 6.61 Å². The van der Waals surface area contributed by atoms with Crippen LogP contribution in [0.1, 0.15) is 27.0 Å². The van der Waals surface area contributed by atoms with E-state index < -0.39 is 0 Å². The maximum Gasteiger partial charge on any atom is 0.271 e. The van der Waals surface area contributed by atoms with Gasteiger partial charge in [-0.15, -0.1) is 0 Å². The van der Waals surface area contributed by atoms with Crippen molar-refractivity contribution in [2.75, 3.05) is 11.9 Å². The molecule has 2 N–H and O–H groups in total. The van der Waals surface area contributed by atoms with Crippen LogP contribution in [-0.2, 0) is 4.79 Å². The summed E-state index contributed by atoms with van der Waals surface area (Å²) in [5, 5.41) is 6.75. The van der Waals surface area contributed by atoms with Crippen molar-refractivity contribution in [1.29, 1.82) is 0 Å². The van der Waals surface area contributed by atoms with Gasteiger partial charge in [0, 0.05) is 11.3 Å². The summed E-state index contributed by atoms with van der Waals surface area (Å²) in [4.78, 5) is 24.0. The summed E-state index contributed by atoms with van der Waals surface area (Å²) in [7, 11) is 0. The Kier molecular flexibility index (Phi) is 6.95. The fourth-order valence-corrected chi connectivity index (χ4v) is 2.57. The van der Waals surface area contributed by atoms with E-state index in [0.29, 0.717) is 11.3 Å². The second kappa shape index (κ2) is 10.0. The number of benzene rings is 3. The van der Waals surface area contributed by atoms with Crippen molar-refractivity contribution >= 4 is 23.7 Å². The van der Waals surface area contributed by atoms with Gasteiger partial charge in [0.25, 0.3) is 11.8 Å². The van der Waals surface area contributed by atoms with Crippen molar-refractivity contribution in [1.82, 2.24) is 5.43 Å². The topological polar surface area (TPSA) is 79.8 Å². The van der Waals surface area contributed by atoms with E-state index in [4.69, 9.17) is 4.74 Å². The normalized spacial score (nSPS) is 10.6. The van der Waals surface area contributed by atoms with Crippen LogP contribution in [0.15, 0.2) is 77.9 Å². The molecule has 0 heterocycles. The van der Waals surface area contributed by atoms with E-state index in [-0.39, 0.29) is 18.4 Å². The zero-order valence-electron chi connectivity index (χ0n) is 16.9. The van der Waals surface area contributed by atoms with E-state index in [1.165, 1.54) is 0 Å². The zero-order chi connectivity index (χ0) is 21.3. The van der Waals surface area contributed by atoms with Gasteiger partial charge in [0.05, 0.1) is 6.21 Å². The van der Waals surface area contributed by atoms with Crippen LogP contribution in [0.5, 0.6) is 5.75 Å². The summed E-state index contributed by atoms with van der Waals surface area (Å²) < 4.78 is 5.50. The Balaban J connectivity index is 1.45. The third-order valence-electron chi connectivity index (χ3n) is 4.28. The minimum absolute atomic E-state index is 0.0894. The highest BCUT2D eigenvalue weighted by Crippen LogP contribution is 2.12. The molecule has 0 aromatic heterocycles. The second-order valence-corrected chi connectivity index (χ2v) is 6.84. The Morgan fingerprint density at radius 3 is 2.10 bits per heavy atom. The van der Waals surface area contributed by atoms with Gasteiger partial charge >= 0.3 is 0 Å². The van der Waals surface area contributed by atoms with E-state index in [0.717, 1.165) is 22.4 Å². The lowest BCUT2D eigenvalue weighted by atomic mass is 10.1. The molecule has 0 saturated carbocycles. The van der Waals surface area contributed by atoms with Crippen LogP contribution in [0.25, 0.3) is 0 Å². The average molecular weight is 401 g/mol. The van der Waals surface area contributed by atoms with Gasteiger partial charge in [-0.05, 0) is 67.9 Å². The fourth-order valence-electron chi connectivity index (χ4n) is 2.57. The predicted octanol–water partition coefficient (Wildman–Crippen LogP) is 4.08. The maximum atomic E-state index is 12.0. The molecule has 0 spiro atoms. The molecule has 0 fully saturated rings. The lowest BCUT2D eigenvalue weighted by Crippen LogP contribution is -2.20. The number of carbonyl (C=O) groups is 2. The van der Waals surface area contributed by atoms with E-state index in [9.17, 15) is 9.59 Å². The molecule has 0 aliphatic rings. The number of hydrazone groups is 1. The first-order valence-corrected chi connectivity index (χ1v) is 9.49. The standard InChI is InChI=1S/C24H23N3O3/c1-17-3-9-20(10-4-17)24(29)27-25-15-19-7-13-22(14-8-19)30-16-23(28)26-21-11-5-18(2)6-12-21/h3-15H,16H2,1-2H3,(H,26,28)(H,27,29)/b25-15+. The third-order valence-corrected chi connectivity index (χ3v) is 4.28. The summed E-state index contributed by atoms with van der Waals surface area (Å²) in [6.45, 7) is 3.86. The minimum atomic E-state index is -0.272. The summed E-state index contributed by atoms with van der Waals surface area (Å²) in [5.74, 6) is 0.0593. The van der Waals surface area contributed by atoms with E-state index in [1.54, 1.807) is 42.6 Å². The van der Waals surface area contributed by atoms with Gasteiger partial charge < -0.3 is 10.1 Å². The number of nitrogens with zero attached hydrogens (tertiary/aromatic N) is 1. The Morgan fingerprint density at radius 2 is 1.47 bits per heavy atom. The fraction of sp³-hybridized carbons (Fsp3) is 0.125. The molecule has 152 valence electrons. The molecular formula is C24H23N3O3. The third kappa shape index (κ3) is 6.31. The first kappa shape index (κ1) is 20.8. The molecule has 0 bridgehead atoms. The van der Waals surface area contributed by atoms with E-state index in [2.05, 4.69) is 15.8 Å². The van der Waals surface area contributed by atoms with E-state index in [1.807, 2.05) is 50.2 Å². The number of rotatable bonds is 7. The van der Waals surface area contributed by atoms with Crippen LogP contribution in [0.2, 0.25) is 0 Å². The van der Waals surface area contributed by atoms with Crippen LogP contribution < -0.4 is 15.5 Å². The van der Waals surface area contributed by atoms with Crippen molar-refractivity contribution in [3.63, 3.8) is 0 Å². The molecule has 0 unspecified atom stereocenters. The van der Waals surface area contributed by atoms with Gasteiger partial charge in [-0.3, -0.25) is 9.59 Å². The van der Waals surface area contributed by atoms with E-state index >= 15 is 0 Å². The molecular weight excluding hydrogens is 378 g/mol. The molecule has 30 heavy (non-hydrogen) atoms. The molecule has 0 atom stereocenters. The minimum Gasteiger partial charge on any atom is -0.484 e. The number of nitrogens with one attached hydrogen (secondary N) is 2. The Labute approximate surface area is 175 Å². The summed E-state index contributed by atoms with van der Waals surface area (Å²) in [5.41, 5.74) is 6.77. The van der Waals surface area contributed by atoms with Crippen LogP contribution >= 0.6 is 0 Å². The molecule has 6 nitrogen and oxygen atoms in total. The molecule has 2 amide bonds. The largest absolute Gasteiger partial charge is 0.484 e. The molecule has 3 rings (SSSR count). The van der Waals surface area contributed by atoms with Crippen LogP contribution in [0, 0.1) is 13.8 Å². The molecule has 0 aliphatic heterocycles. The van der Waals surface area contributed by atoms with Crippen LogP contribution in [-0.4, -0.2) is 24.6 Å². The summed E-state index contributed by atoms with van der Waals surface area (Å²) in [6.07, 6.45) is 1.54. The number of hydrogen-bond acceptors (Lipinski definition) is 4. The Morgan fingerprint density at radius 1 is 0.867 bits per heavy atom. The number of carbonyl (C=O) groups excluding carboxylic acids is 2. The second-order valence-electron chi connectivity index (χ2n) is 6.84. The lowest BCUT2D eigenvalue weighted by molar-refractivity contribution is -0.118. The van der Waals surface area contributed by atoms with Gasteiger partial charge in [-0.2, -0.15) is 5.10 Å². The molecule has 0 saturated heterocycles. The van der Waals surface area contributed by atoms with Gasteiger partial charge in [0.2, 0.25) is 0 Å². The average Bonchev–Trinajstić information content (AvgIpc) is 2.75. The highest BCUT2D eigenvalue weighted by molar-refractivity contribution is 5.95. The van der Waals surface area contributed by atoms with Crippen molar-refractivity contribution < 1.29 is 14.3 Å². The number of aryl methyl sites for hydroxylation is 2. The first-order valence-electron chi connectivity index (χ1n) is 9.49. The van der Waals surface area contributed by atoms with Crippen LogP contribution in [0.3, 0.4) is 0 Å². The van der Waals surface area contributed by atoms with Crippen molar-refractivity contribution in [2.24, 2.45) is 5.10 Å². The summed E-state index contributed by atoms with van der Waals surface area (Å²) >= 11 is 0. The number of anilines is 1. The Bertz CT molecular complexity index is 1020. The van der Waals surface area contributed by atoms with Crippen molar-refractivity contribution in [3.8, 4) is 5.75 Å². The van der Waals surface area contributed by atoms with Gasteiger partial charge in [0.1, 0.15) is 5.75 Å². The number of ether oxygens (including phenoxy) is 1. The maximum absolute atomic E-state index is 12.0. The van der Waals surface area contributed by atoms with Crippen molar-refractivity contribution in [3.05, 3.63) is 95.1 Å². The SMILES string of the molecule is Cc1ccc(NC(=O)COc2ccc(/C=N/NC(=O)c3ccc(C)cc3)cc2)cc1.